The molecule has 1 spiro atoms. The topological polar surface area (TPSA) is 83.8 Å². The Labute approximate surface area is 161 Å². The van der Waals surface area contributed by atoms with E-state index >= 15 is 0 Å². The number of carbonyl (C=O) groups excluding carboxylic acids is 2. The Balaban J connectivity index is 1.92. The zero-order valence-corrected chi connectivity index (χ0v) is 16.8. The molecule has 4 aliphatic carbocycles. The van der Waals surface area contributed by atoms with Gasteiger partial charge in [0.25, 0.3) is 0 Å². The van der Waals surface area contributed by atoms with Crippen molar-refractivity contribution in [2.75, 3.05) is 0 Å². The van der Waals surface area contributed by atoms with Gasteiger partial charge in [-0.25, -0.2) is 0 Å². The van der Waals surface area contributed by atoms with Crippen LogP contribution in [0.5, 0.6) is 0 Å². The molecule has 0 unspecified atom stereocenters. The fraction of sp³-hybridized carbons (Fsp3) is 0.818. The predicted octanol–water partition coefficient (Wildman–Crippen LogP) is 2.64. The van der Waals surface area contributed by atoms with Crippen molar-refractivity contribution in [1.82, 2.24) is 0 Å². The van der Waals surface area contributed by atoms with Gasteiger partial charge in [0.05, 0.1) is 17.6 Å². The van der Waals surface area contributed by atoms with Gasteiger partial charge in [0.15, 0.2) is 5.78 Å². The highest BCUT2D eigenvalue weighted by atomic mass is 16.5. The van der Waals surface area contributed by atoms with Crippen molar-refractivity contribution in [3.63, 3.8) is 0 Å². The molecule has 0 amide bonds. The second-order valence-electron chi connectivity index (χ2n) is 10.4. The summed E-state index contributed by atoms with van der Waals surface area (Å²) < 4.78 is 5.76. The molecule has 27 heavy (non-hydrogen) atoms. The molecule has 2 bridgehead atoms. The molecule has 5 nitrogen and oxygen atoms in total. The maximum Gasteiger partial charge on any atom is 0.302 e. The van der Waals surface area contributed by atoms with E-state index in [-0.39, 0.29) is 34.4 Å². The van der Waals surface area contributed by atoms with Crippen molar-refractivity contribution >= 4 is 11.8 Å². The molecule has 0 radical (unpaired) electrons. The summed E-state index contributed by atoms with van der Waals surface area (Å²) in [5.41, 5.74) is -1.17. The highest BCUT2D eigenvalue weighted by Gasteiger charge is 2.76. The standard InChI is InChI=1S/C22H32O5/c1-11-13-9-14(27-12(2)23)17-21(5)8-6-7-20(3,4)15(21)10-16(24)22(17,18(11)25)19(13)26/h13-17,19,24,26H,1,6-10H2,2-5H3/t13-,14-,15+,16+,17-,19+,21+,22+/m0/s1. The van der Waals surface area contributed by atoms with Crippen LogP contribution < -0.4 is 0 Å². The summed E-state index contributed by atoms with van der Waals surface area (Å²) in [5, 5.41) is 22.5. The van der Waals surface area contributed by atoms with E-state index in [1.54, 1.807) is 0 Å². The molecule has 4 rings (SSSR count). The number of rotatable bonds is 1. The van der Waals surface area contributed by atoms with Gasteiger partial charge in [-0.2, -0.15) is 0 Å². The van der Waals surface area contributed by atoms with Gasteiger partial charge in [-0.15, -0.1) is 0 Å². The van der Waals surface area contributed by atoms with Gasteiger partial charge in [-0.05, 0) is 48.0 Å². The molecule has 4 fully saturated rings. The third-order valence-corrected chi connectivity index (χ3v) is 8.69. The number of ketones is 1. The number of hydrogen-bond donors (Lipinski definition) is 2. The summed E-state index contributed by atoms with van der Waals surface area (Å²) in [6.45, 7) is 12.0. The summed E-state index contributed by atoms with van der Waals surface area (Å²) in [4.78, 5) is 25.3. The Hall–Kier alpha value is -1.20. The molecule has 0 heterocycles. The normalized spacial score (nSPS) is 50.7. The number of aliphatic hydroxyl groups excluding tert-OH is 2. The van der Waals surface area contributed by atoms with Gasteiger partial charge in [0.1, 0.15) is 6.10 Å². The quantitative estimate of drug-likeness (QED) is 0.543. The molecule has 4 saturated carbocycles. The smallest absolute Gasteiger partial charge is 0.302 e. The lowest BCUT2D eigenvalue weighted by Crippen LogP contribution is -2.70. The predicted molar refractivity (Wildman–Crippen MR) is 99.6 cm³/mol. The van der Waals surface area contributed by atoms with E-state index in [1.807, 2.05) is 0 Å². The number of fused-ring (bicyclic) bond motifs is 3. The van der Waals surface area contributed by atoms with E-state index in [9.17, 15) is 19.8 Å². The lowest BCUT2D eigenvalue weighted by Gasteiger charge is -2.66. The van der Waals surface area contributed by atoms with E-state index in [2.05, 4.69) is 27.4 Å². The van der Waals surface area contributed by atoms with Crippen molar-refractivity contribution in [1.29, 1.82) is 0 Å². The maximum atomic E-state index is 13.4. The van der Waals surface area contributed by atoms with Gasteiger partial charge in [-0.1, -0.05) is 33.8 Å². The van der Waals surface area contributed by atoms with Gasteiger partial charge >= 0.3 is 5.97 Å². The fourth-order valence-electron chi connectivity index (χ4n) is 7.79. The van der Waals surface area contributed by atoms with Crippen molar-refractivity contribution in [2.24, 2.45) is 34.0 Å². The minimum absolute atomic E-state index is 0.0246. The number of aliphatic hydroxyl groups is 2. The zero-order valence-electron chi connectivity index (χ0n) is 16.8. The fourth-order valence-corrected chi connectivity index (χ4v) is 7.79. The Kier molecular flexibility index (Phi) is 4.01. The van der Waals surface area contributed by atoms with E-state index < -0.39 is 29.6 Å². The van der Waals surface area contributed by atoms with Crippen LogP contribution in [0.2, 0.25) is 0 Å². The first-order chi connectivity index (χ1) is 12.5. The SMILES string of the molecule is C=C1C(=O)[C@@]23[C@H](O)C[C@@H]4C(C)(C)CCC[C@@]4(C)[C@@H]2[C@@H](OC(C)=O)C[C@@H]1[C@H]3O. The average molecular weight is 376 g/mol. The van der Waals surface area contributed by atoms with Crippen LogP contribution in [-0.2, 0) is 14.3 Å². The second-order valence-corrected chi connectivity index (χ2v) is 10.4. The Bertz CT molecular complexity index is 711. The molecule has 4 aliphatic rings. The minimum Gasteiger partial charge on any atom is -0.462 e. The molecular weight excluding hydrogens is 344 g/mol. The third-order valence-electron chi connectivity index (χ3n) is 8.69. The van der Waals surface area contributed by atoms with Crippen LogP contribution in [0.25, 0.3) is 0 Å². The molecule has 150 valence electrons. The van der Waals surface area contributed by atoms with Crippen LogP contribution in [-0.4, -0.2) is 40.3 Å². The van der Waals surface area contributed by atoms with Crippen LogP contribution in [0.3, 0.4) is 0 Å². The first-order valence-electron chi connectivity index (χ1n) is 10.2. The second kappa shape index (κ2) is 5.66. The molecule has 2 N–H and O–H groups in total. The van der Waals surface area contributed by atoms with Crippen molar-refractivity contribution in [2.45, 2.75) is 78.1 Å². The van der Waals surface area contributed by atoms with Gasteiger partial charge < -0.3 is 14.9 Å². The molecule has 0 aromatic rings. The lowest BCUT2D eigenvalue weighted by atomic mass is 9.39. The molecule has 0 aromatic carbocycles. The van der Waals surface area contributed by atoms with Crippen molar-refractivity contribution in [3.8, 4) is 0 Å². The number of esters is 1. The van der Waals surface area contributed by atoms with E-state index in [0.29, 0.717) is 18.4 Å². The summed E-state index contributed by atoms with van der Waals surface area (Å²) in [6.07, 6.45) is 1.55. The number of hydrogen-bond acceptors (Lipinski definition) is 5. The van der Waals surface area contributed by atoms with Crippen molar-refractivity contribution in [3.05, 3.63) is 12.2 Å². The Morgan fingerprint density at radius 3 is 2.48 bits per heavy atom. The molecule has 0 aromatic heterocycles. The van der Waals surface area contributed by atoms with Crippen LogP contribution in [0.1, 0.15) is 59.8 Å². The monoisotopic (exact) mass is 376 g/mol. The third kappa shape index (κ3) is 2.19. The first-order valence-corrected chi connectivity index (χ1v) is 10.2. The van der Waals surface area contributed by atoms with Crippen LogP contribution in [0.4, 0.5) is 0 Å². The number of carbonyl (C=O) groups is 2. The largest absolute Gasteiger partial charge is 0.462 e. The van der Waals surface area contributed by atoms with Gasteiger partial charge in [-0.3, -0.25) is 9.59 Å². The molecule has 0 aliphatic heterocycles. The zero-order chi connectivity index (χ0) is 19.9. The summed E-state index contributed by atoms with van der Waals surface area (Å²) in [6, 6.07) is 0. The Morgan fingerprint density at radius 2 is 1.85 bits per heavy atom. The van der Waals surface area contributed by atoms with E-state index in [4.69, 9.17) is 4.74 Å². The lowest BCUT2D eigenvalue weighted by molar-refractivity contribution is -0.254. The molecule has 8 atom stereocenters. The van der Waals surface area contributed by atoms with Crippen LogP contribution >= 0.6 is 0 Å². The highest BCUT2D eigenvalue weighted by molar-refractivity contribution is 6.04. The number of Topliss-reactive ketones (excluding diaryl/α,β-unsaturated/α-hetero) is 1. The number of ether oxygens (including phenoxy) is 1. The van der Waals surface area contributed by atoms with E-state index in [1.165, 1.54) is 6.92 Å². The minimum atomic E-state index is -1.29. The molecule has 0 saturated heterocycles. The maximum absolute atomic E-state index is 13.4. The summed E-state index contributed by atoms with van der Waals surface area (Å²) >= 11 is 0. The van der Waals surface area contributed by atoms with Gasteiger partial charge in [0.2, 0.25) is 0 Å². The van der Waals surface area contributed by atoms with Crippen LogP contribution in [0, 0.1) is 34.0 Å². The molecular formula is C22H32O5. The summed E-state index contributed by atoms with van der Waals surface area (Å²) in [5.74, 6) is -1.22. The summed E-state index contributed by atoms with van der Waals surface area (Å²) in [7, 11) is 0. The van der Waals surface area contributed by atoms with E-state index in [0.717, 1.165) is 19.3 Å². The first kappa shape index (κ1) is 19.1. The molecule has 5 heteroatoms. The van der Waals surface area contributed by atoms with Crippen molar-refractivity contribution < 1.29 is 24.5 Å². The van der Waals surface area contributed by atoms with Crippen LogP contribution in [0.15, 0.2) is 12.2 Å². The highest BCUT2D eigenvalue weighted by Crippen LogP contribution is 2.71. The van der Waals surface area contributed by atoms with Gasteiger partial charge in [0, 0.05) is 18.8 Å². The Morgan fingerprint density at radius 1 is 1.19 bits per heavy atom. The average Bonchev–Trinajstić information content (AvgIpc) is 2.67.